The summed E-state index contributed by atoms with van der Waals surface area (Å²) in [6, 6.07) is 5.40. The number of carbonyl (C=O) groups is 3. The highest BCUT2D eigenvalue weighted by molar-refractivity contribution is 9.10. The fourth-order valence-electron chi connectivity index (χ4n) is 5.39. The number of benzene rings is 1. The van der Waals surface area contributed by atoms with Crippen LogP contribution in [0.1, 0.15) is 77.6 Å². The fourth-order valence-corrected chi connectivity index (χ4v) is 5.95. The van der Waals surface area contributed by atoms with Crippen molar-refractivity contribution < 1.29 is 19.1 Å². The Morgan fingerprint density at radius 3 is 2.38 bits per heavy atom. The Labute approximate surface area is 226 Å². The Morgan fingerprint density at radius 1 is 1.16 bits per heavy atom. The van der Waals surface area contributed by atoms with E-state index in [9.17, 15) is 14.4 Å². The lowest BCUT2D eigenvalue weighted by Crippen LogP contribution is -2.51. The topological polar surface area (TPSA) is 106 Å². The number of hydrogen-bond donors (Lipinski definition) is 2. The van der Waals surface area contributed by atoms with Crippen LogP contribution in [0.5, 0.6) is 0 Å². The van der Waals surface area contributed by atoms with Gasteiger partial charge in [0, 0.05) is 10.0 Å². The van der Waals surface area contributed by atoms with Crippen molar-refractivity contribution in [3.05, 3.63) is 39.5 Å². The monoisotopic (exact) mass is 573 g/mol. The van der Waals surface area contributed by atoms with Gasteiger partial charge in [0.25, 0.3) is 0 Å². The third-order valence-corrected chi connectivity index (χ3v) is 8.66. The minimum absolute atomic E-state index is 0.135. The van der Waals surface area contributed by atoms with Crippen LogP contribution in [0, 0.1) is 17.8 Å². The Bertz CT molecular complexity index is 1240. The molecule has 0 saturated heterocycles. The normalized spacial score (nSPS) is 17.6. The first kappa shape index (κ1) is 27.2. The largest absolute Gasteiger partial charge is 0.448 e. The molecule has 4 rings (SSSR count). The van der Waals surface area contributed by atoms with Gasteiger partial charge in [-0.25, -0.2) is 9.59 Å². The van der Waals surface area contributed by atoms with Crippen molar-refractivity contribution in [2.24, 2.45) is 10.8 Å². The molecule has 2 N–H and O–H groups in total. The van der Waals surface area contributed by atoms with Gasteiger partial charge in [-0.1, -0.05) is 39.3 Å². The van der Waals surface area contributed by atoms with Crippen molar-refractivity contribution in [3.8, 4) is 0 Å². The van der Waals surface area contributed by atoms with Crippen molar-refractivity contribution in [1.82, 2.24) is 14.7 Å². The van der Waals surface area contributed by atoms with Gasteiger partial charge in [-0.05, 0) is 73.5 Å². The summed E-state index contributed by atoms with van der Waals surface area (Å²) in [5.41, 5.74) is 1.16. The maximum atomic E-state index is 13.7. The predicted molar refractivity (Wildman–Crippen MR) is 145 cm³/mol. The van der Waals surface area contributed by atoms with Crippen LogP contribution in [0.2, 0.25) is 0 Å². The molecule has 1 aliphatic carbocycles. The van der Waals surface area contributed by atoms with Crippen LogP contribution in [0.25, 0.3) is 0 Å². The van der Waals surface area contributed by atoms with Crippen LogP contribution in [0.15, 0.2) is 22.7 Å². The molecule has 9 nitrogen and oxygen atoms in total. The number of carbonyl (C=O) groups excluding carboxylic acids is 3. The average Bonchev–Trinajstić information content (AvgIpc) is 3.23. The van der Waals surface area contributed by atoms with E-state index in [2.05, 4.69) is 52.4 Å². The molecular formula is C27H36BrN5O4. The molecular weight excluding hydrogens is 538 g/mol. The second-order valence-electron chi connectivity index (χ2n) is 11.4. The second kappa shape index (κ2) is 9.45. The minimum Gasteiger partial charge on any atom is -0.448 e. The third kappa shape index (κ3) is 4.43. The number of rotatable bonds is 4. The van der Waals surface area contributed by atoms with E-state index in [0.717, 1.165) is 34.0 Å². The number of fused-ring (bicyclic) bond motifs is 1. The number of aryl methyl sites for hydroxylation is 1. The molecule has 1 aliphatic heterocycles. The molecule has 1 saturated carbocycles. The summed E-state index contributed by atoms with van der Waals surface area (Å²) in [4.78, 5) is 41.7. The van der Waals surface area contributed by atoms with Gasteiger partial charge in [0.05, 0.1) is 35.5 Å². The van der Waals surface area contributed by atoms with E-state index >= 15 is 0 Å². The summed E-state index contributed by atoms with van der Waals surface area (Å²) in [6.07, 6.45) is 1.88. The van der Waals surface area contributed by atoms with Crippen LogP contribution in [0.3, 0.4) is 0 Å². The Kier molecular flexibility index (Phi) is 6.94. The van der Waals surface area contributed by atoms with Crippen molar-refractivity contribution in [2.45, 2.75) is 79.8 Å². The lowest BCUT2D eigenvalue weighted by molar-refractivity contribution is -0.139. The molecule has 200 valence electrons. The summed E-state index contributed by atoms with van der Waals surface area (Å²) in [5, 5.41) is 10.6. The van der Waals surface area contributed by atoms with Crippen molar-refractivity contribution in [3.63, 3.8) is 0 Å². The molecule has 10 heteroatoms. The number of urea groups is 1. The number of aromatic nitrogens is 2. The van der Waals surface area contributed by atoms with Gasteiger partial charge < -0.3 is 20.3 Å². The standard InChI is InChI=1S/C27H36BrN5O4/c1-8-37-24(36)33-21(30-22(34)27(13-10-14-27)25(3,4)5)17-15-32(26(6,7)20(17)31-33)23(35)29-19-16(2)11-9-12-18(19)28/h9,11-12H,8,10,13-15H2,1-7H3,(H,29,35)(H,30,34). The van der Waals surface area contributed by atoms with Gasteiger partial charge in [0.1, 0.15) is 5.82 Å². The highest BCUT2D eigenvalue weighted by Crippen LogP contribution is 2.54. The van der Waals surface area contributed by atoms with E-state index in [-0.39, 0.29) is 36.3 Å². The molecule has 0 unspecified atom stereocenters. The van der Waals surface area contributed by atoms with Crippen molar-refractivity contribution in [1.29, 1.82) is 0 Å². The Hall–Kier alpha value is -2.88. The zero-order valence-electron chi connectivity index (χ0n) is 22.6. The first-order valence-corrected chi connectivity index (χ1v) is 13.5. The van der Waals surface area contributed by atoms with Crippen LogP contribution >= 0.6 is 15.9 Å². The second-order valence-corrected chi connectivity index (χ2v) is 12.3. The zero-order valence-corrected chi connectivity index (χ0v) is 24.2. The van der Waals surface area contributed by atoms with Crippen LogP contribution < -0.4 is 10.6 Å². The van der Waals surface area contributed by atoms with E-state index in [1.54, 1.807) is 11.8 Å². The van der Waals surface area contributed by atoms with Crippen LogP contribution in [0.4, 0.5) is 21.1 Å². The van der Waals surface area contributed by atoms with E-state index < -0.39 is 17.0 Å². The number of hydrogen-bond acceptors (Lipinski definition) is 5. The predicted octanol–water partition coefficient (Wildman–Crippen LogP) is 6.40. The molecule has 1 aromatic carbocycles. The smallest absolute Gasteiger partial charge is 0.436 e. The molecule has 2 aromatic rings. The first-order chi connectivity index (χ1) is 17.2. The summed E-state index contributed by atoms with van der Waals surface area (Å²) in [5.74, 6) is 0.137. The van der Waals surface area contributed by atoms with E-state index in [1.807, 2.05) is 39.0 Å². The van der Waals surface area contributed by atoms with Crippen molar-refractivity contribution >= 4 is 45.5 Å². The van der Waals surface area contributed by atoms with Gasteiger partial charge >= 0.3 is 12.1 Å². The number of amides is 3. The molecule has 37 heavy (non-hydrogen) atoms. The summed E-state index contributed by atoms with van der Waals surface area (Å²) in [6.45, 7) is 13.9. The van der Waals surface area contributed by atoms with Gasteiger partial charge in [-0.3, -0.25) is 4.79 Å². The molecule has 0 spiro atoms. The van der Waals surface area contributed by atoms with Gasteiger partial charge in [0.15, 0.2) is 0 Å². The van der Waals surface area contributed by atoms with Gasteiger partial charge in [-0.15, -0.1) is 4.68 Å². The number of nitrogens with one attached hydrogen (secondary N) is 2. The lowest BCUT2D eigenvalue weighted by Gasteiger charge is -2.50. The van der Waals surface area contributed by atoms with Crippen LogP contribution in [-0.4, -0.2) is 39.3 Å². The Morgan fingerprint density at radius 2 is 1.84 bits per heavy atom. The molecule has 0 bridgehead atoms. The molecule has 0 atom stereocenters. The lowest BCUT2D eigenvalue weighted by atomic mass is 9.54. The maximum Gasteiger partial charge on any atom is 0.436 e. The highest BCUT2D eigenvalue weighted by atomic mass is 79.9. The number of ether oxygens (including phenoxy) is 1. The number of halogens is 1. The zero-order chi connectivity index (χ0) is 27.3. The van der Waals surface area contributed by atoms with E-state index in [0.29, 0.717) is 16.9 Å². The minimum atomic E-state index is -0.843. The van der Waals surface area contributed by atoms with E-state index in [1.165, 1.54) is 0 Å². The number of nitrogens with zero attached hydrogens (tertiary/aromatic N) is 3. The van der Waals surface area contributed by atoms with E-state index in [4.69, 9.17) is 4.74 Å². The number of para-hydroxylation sites is 1. The third-order valence-electron chi connectivity index (χ3n) is 8.00. The molecule has 3 amide bonds. The number of anilines is 2. The highest BCUT2D eigenvalue weighted by Gasteiger charge is 2.53. The Balaban J connectivity index is 1.70. The summed E-state index contributed by atoms with van der Waals surface area (Å²) < 4.78 is 7.16. The van der Waals surface area contributed by atoms with Crippen molar-refractivity contribution in [2.75, 3.05) is 17.2 Å². The summed E-state index contributed by atoms with van der Waals surface area (Å²) in [7, 11) is 0. The SMILES string of the molecule is CCOC(=O)n1nc2c(c1NC(=O)C1(C(C)(C)C)CCC1)CN(C(=O)Nc1c(C)cccc1Br)C2(C)C. The average molecular weight is 575 g/mol. The van der Waals surface area contributed by atoms with Crippen LogP contribution in [-0.2, 0) is 21.6 Å². The molecule has 2 aliphatic rings. The quantitative estimate of drug-likeness (QED) is 0.440. The molecule has 1 aromatic heterocycles. The van der Waals surface area contributed by atoms with Gasteiger partial charge in [-0.2, -0.15) is 5.10 Å². The maximum absolute atomic E-state index is 13.7. The molecule has 1 fully saturated rings. The van der Waals surface area contributed by atoms with Gasteiger partial charge in [0.2, 0.25) is 5.91 Å². The molecule has 0 radical (unpaired) electrons. The summed E-state index contributed by atoms with van der Waals surface area (Å²) >= 11 is 3.51. The molecule has 2 heterocycles. The fraction of sp³-hybridized carbons (Fsp3) is 0.556. The first-order valence-electron chi connectivity index (χ1n) is 12.7.